The van der Waals surface area contributed by atoms with Crippen molar-refractivity contribution in [1.29, 1.82) is 0 Å². The highest BCUT2D eigenvalue weighted by atomic mass is 16.4. The highest BCUT2D eigenvalue weighted by Gasteiger charge is 2.13. The van der Waals surface area contributed by atoms with E-state index in [-0.39, 0.29) is 13.0 Å². The molecule has 0 atom stereocenters. The highest BCUT2D eigenvalue weighted by Crippen LogP contribution is 2.26. The van der Waals surface area contributed by atoms with Gasteiger partial charge in [-0.25, -0.2) is 0 Å². The third-order valence-electron chi connectivity index (χ3n) is 2.26. The van der Waals surface area contributed by atoms with Gasteiger partial charge in [0, 0.05) is 0 Å². The molecule has 0 aliphatic heterocycles. The SMILES string of the molecule is O=C(O)CC1=C(CO)CCCC1. The summed E-state index contributed by atoms with van der Waals surface area (Å²) in [6.45, 7) is 0.0304. The topological polar surface area (TPSA) is 57.5 Å². The standard InChI is InChI=1S/C9H14O3/c10-6-8-4-2-1-3-7(8)5-9(11)12/h10H,1-6H2,(H,11,12). The summed E-state index contributed by atoms with van der Waals surface area (Å²) in [5.41, 5.74) is 1.89. The number of carboxylic acids is 1. The van der Waals surface area contributed by atoms with E-state index < -0.39 is 5.97 Å². The average molecular weight is 170 g/mol. The second-order valence-electron chi connectivity index (χ2n) is 3.14. The normalized spacial score (nSPS) is 18.1. The summed E-state index contributed by atoms with van der Waals surface area (Å²) >= 11 is 0. The van der Waals surface area contributed by atoms with Gasteiger partial charge in [0.25, 0.3) is 0 Å². The fourth-order valence-electron chi connectivity index (χ4n) is 1.62. The van der Waals surface area contributed by atoms with Crippen LogP contribution < -0.4 is 0 Å². The van der Waals surface area contributed by atoms with Crippen LogP contribution in [0, 0.1) is 0 Å². The predicted molar refractivity (Wildman–Crippen MR) is 44.8 cm³/mol. The van der Waals surface area contributed by atoms with Crippen molar-refractivity contribution in [1.82, 2.24) is 0 Å². The number of aliphatic hydroxyl groups is 1. The molecule has 1 aliphatic carbocycles. The van der Waals surface area contributed by atoms with Gasteiger partial charge < -0.3 is 10.2 Å². The monoisotopic (exact) mass is 170 g/mol. The Kier molecular flexibility index (Phi) is 3.29. The molecule has 0 bridgehead atoms. The van der Waals surface area contributed by atoms with E-state index in [0.717, 1.165) is 36.8 Å². The molecule has 0 aromatic heterocycles. The van der Waals surface area contributed by atoms with E-state index in [1.165, 1.54) is 0 Å². The molecule has 1 rings (SSSR count). The summed E-state index contributed by atoms with van der Waals surface area (Å²) < 4.78 is 0. The Bertz CT molecular complexity index is 206. The van der Waals surface area contributed by atoms with Crippen LogP contribution in [0.5, 0.6) is 0 Å². The van der Waals surface area contributed by atoms with E-state index in [1.54, 1.807) is 0 Å². The summed E-state index contributed by atoms with van der Waals surface area (Å²) in [4.78, 5) is 10.4. The number of carbonyl (C=O) groups is 1. The van der Waals surface area contributed by atoms with Crippen LogP contribution in [0.4, 0.5) is 0 Å². The Morgan fingerprint density at radius 3 is 2.33 bits per heavy atom. The Morgan fingerprint density at radius 2 is 1.83 bits per heavy atom. The zero-order valence-corrected chi connectivity index (χ0v) is 7.05. The molecule has 0 saturated carbocycles. The lowest BCUT2D eigenvalue weighted by molar-refractivity contribution is -0.136. The molecule has 12 heavy (non-hydrogen) atoms. The molecule has 3 heteroatoms. The second-order valence-corrected chi connectivity index (χ2v) is 3.14. The number of aliphatic hydroxyl groups excluding tert-OH is 1. The van der Waals surface area contributed by atoms with Crippen LogP contribution in [0.25, 0.3) is 0 Å². The fourth-order valence-corrected chi connectivity index (χ4v) is 1.62. The van der Waals surface area contributed by atoms with E-state index in [1.807, 2.05) is 0 Å². The van der Waals surface area contributed by atoms with Gasteiger partial charge in [-0.3, -0.25) is 4.79 Å². The Balaban J connectivity index is 2.66. The summed E-state index contributed by atoms with van der Waals surface area (Å²) in [7, 11) is 0. The molecule has 0 radical (unpaired) electrons. The van der Waals surface area contributed by atoms with Crippen molar-refractivity contribution in [3.8, 4) is 0 Å². The number of carboxylic acid groups (broad SMARTS) is 1. The van der Waals surface area contributed by atoms with Crippen molar-refractivity contribution >= 4 is 5.97 Å². The molecule has 0 spiro atoms. The molecule has 0 heterocycles. The minimum atomic E-state index is -0.794. The maximum atomic E-state index is 10.4. The van der Waals surface area contributed by atoms with Crippen molar-refractivity contribution in [3.63, 3.8) is 0 Å². The van der Waals surface area contributed by atoms with Gasteiger partial charge in [0.15, 0.2) is 0 Å². The predicted octanol–water partition coefficient (Wildman–Crippen LogP) is 1.32. The second kappa shape index (κ2) is 4.26. The first-order valence-corrected chi connectivity index (χ1v) is 4.26. The van der Waals surface area contributed by atoms with E-state index >= 15 is 0 Å². The van der Waals surface area contributed by atoms with E-state index in [9.17, 15) is 4.79 Å². The van der Waals surface area contributed by atoms with Crippen molar-refractivity contribution < 1.29 is 15.0 Å². The van der Waals surface area contributed by atoms with Crippen molar-refractivity contribution in [2.45, 2.75) is 32.1 Å². The van der Waals surface area contributed by atoms with Crippen LogP contribution in [-0.4, -0.2) is 22.8 Å². The molecule has 3 nitrogen and oxygen atoms in total. The van der Waals surface area contributed by atoms with E-state index in [0.29, 0.717) is 0 Å². The van der Waals surface area contributed by atoms with Crippen LogP contribution in [0.3, 0.4) is 0 Å². The number of hydrogen-bond donors (Lipinski definition) is 2. The number of rotatable bonds is 3. The first kappa shape index (κ1) is 9.26. The van der Waals surface area contributed by atoms with Gasteiger partial charge in [0.1, 0.15) is 0 Å². The number of hydrogen-bond acceptors (Lipinski definition) is 2. The van der Waals surface area contributed by atoms with Crippen molar-refractivity contribution in [2.75, 3.05) is 6.61 Å². The zero-order chi connectivity index (χ0) is 8.97. The van der Waals surface area contributed by atoms with Gasteiger partial charge in [-0.15, -0.1) is 0 Å². The zero-order valence-electron chi connectivity index (χ0n) is 7.05. The van der Waals surface area contributed by atoms with Crippen LogP contribution in [0.15, 0.2) is 11.1 Å². The van der Waals surface area contributed by atoms with Gasteiger partial charge in [-0.05, 0) is 31.3 Å². The smallest absolute Gasteiger partial charge is 0.307 e. The third kappa shape index (κ3) is 2.34. The summed E-state index contributed by atoms with van der Waals surface area (Å²) in [6.07, 6.45) is 3.97. The van der Waals surface area contributed by atoms with Gasteiger partial charge in [-0.1, -0.05) is 5.57 Å². The molecule has 0 amide bonds. The molecule has 1 aliphatic rings. The molecule has 0 aromatic carbocycles. The molecule has 0 unspecified atom stereocenters. The summed E-state index contributed by atoms with van der Waals surface area (Å²) in [5, 5.41) is 17.5. The highest BCUT2D eigenvalue weighted by molar-refractivity contribution is 5.70. The molecule has 2 N–H and O–H groups in total. The van der Waals surface area contributed by atoms with Crippen molar-refractivity contribution in [3.05, 3.63) is 11.1 Å². The minimum absolute atomic E-state index is 0.0304. The maximum Gasteiger partial charge on any atom is 0.307 e. The van der Waals surface area contributed by atoms with Crippen LogP contribution >= 0.6 is 0 Å². The first-order valence-electron chi connectivity index (χ1n) is 4.26. The molecule has 0 saturated heterocycles. The average Bonchev–Trinajstić information content (AvgIpc) is 2.04. The van der Waals surface area contributed by atoms with Crippen LogP contribution in [0.1, 0.15) is 32.1 Å². The first-order chi connectivity index (χ1) is 5.74. The quantitative estimate of drug-likeness (QED) is 0.628. The largest absolute Gasteiger partial charge is 0.481 e. The van der Waals surface area contributed by atoms with E-state index in [4.69, 9.17) is 10.2 Å². The van der Waals surface area contributed by atoms with Crippen molar-refractivity contribution in [2.24, 2.45) is 0 Å². The molecule has 0 aromatic rings. The van der Waals surface area contributed by atoms with Gasteiger partial charge in [0.05, 0.1) is 13.0 Å². The Morgan fingerprint density at radius 1 is 1.25 bits per heavy atom. The van der Waals surface area contributed by atoms with Gasteiger partial charge >= 0.3 is 5.97 Å². The van der Waals surface area contributed by atoms with E-state index in [2.05, 4.69) is 0 Å². The lowest BCUT2D eigenvalue weighted by Gasteiger charge is -2.17. The molecular formula is C9H14O3. The minimum Gasteiger partial charge on any atom is -0.481 e. The summed E-state index contributed by atoms with van der Waals surface area (Å²) in [6, 6.07) is 0. The Labute approximate surface area is 71.7 Å². The van der Waals surface area contributed by atoms with Gasteiger partial charge in [0.2, 0.25) is 0 Å². The Hall–Kier alpha value is -0.830. The number of aliphatic carboxylic acids is 1. The third-order valence-corrected chi connectivity index (χ3v) is 2.26. The van der Waals surface area contributed by atoms with Gasteiger partial charge in [-0.2, -0.15) is 0 Å². The van der Waals surface area contributed by atoms with Crippen LogP contribution in [0.2, 0.25) is 0 Å². The fraction of sp³-hybridized carbons (Fsp3) is 0.667. The maximum absolute atomic E-state index is 10.4. The molecule has 68 valence electrons. The molecular weight excluding hydrogens is 156 g/mol. The lowest BCUT2D eigenvalue weighted by atomic mass is 9.90. The molecule has 0 fully saturated rings. The lowest BCUT2D eigenvalue weighted by Crippen LogP contribution is -2.07. The van der Waals surface area contributed by atoms with Crippen LogP contribution in [-0.2, 0) is 4.79 Å². The summed E-state index contributed by atoms with van der Waals surface area (Å²) in [5.74, 6) is -0.794.